The fraction of sp³-hybridized carbons (Fsp3) is 0.929. The Morgan fingerprint density at radius 2 is 1.78 bits per heavy atom. The molecule has 1 rings (SSSR count). The summed E-state index contributed by atoms with van der Waals surface area (Å²) in [7, 11) is 1.78. The molecule has 1 atom stereocenters. The van der Waals surface area contributed by atoms with Gasteiger partial charge in [0.15, 0.2) is 0 Å². The van der Waals surface area contributed by atoms with Gasteiger partial charge < -0.3 is 15.4 Å². The van der Waals surface area contributed by atoms with Crippen molar-refractivity contribution in [3.05, 3.63) is 0 Å². The molecule has 0 heterocycles. The zero-order valence-corrected chi connectivity index (χ0v) is 12.4. The van der Waals surface area contributed by atoms with Crippen molar-refractivity contribution in [1.82, 2.24) is 10.6 Å². The predicted molar refractivity (Wildman–Crippen MR) is 73.5 cm³/mol. The summed E-state index contributed by atoms with van der Waals surface area (Å²) in [6.07, 6.45) is 4.75. The van der Waals surface area contributed by atoms with E-state index < -0.39 is 0 Å². The Kier molecular flexibility index (Phi) is 5.60. The summed E-state index contributed by atoms with van der Waals surface area (Å²) in [5, 5.41) is 6.42. The molecule has 1 saturated carbocycles. The lowest BCUT2D eigenvalue weighted by Crippen LogP contribution is -2.52. The third-order valence-corrected chi connectivity index (χ3v) is 3.38. The standard InChI is InChI=1S/C14H28N2O2/c1-10(13(17)16-14(2,3)4)15-11-6-8-12(18-5)9-7-11/h10-12,15H,6-9H2,1-5H3,(H,16,17). The molecule has 1 amide bonds. The van der Waals surface area contributed by atoms with E-state index in [9.17, 15) is 4.79 Å². The Hall–Kier alpha value is -0.610. The molecule has 1 aliphatic rings. The fourth-order valence-corrected chi connectivity index (χ4v) is 2.37. The van der Waals surface area contributed by atoms with E-state index in [1.807, 2.05) is 27.7 Å². The predicted octanol–water partition coefficient (Wildman–Crippen LogP) is 1.84. The van der Waals surface area contributed by atoms with Gasteiger partial charge in [-0.05, 0) is 53.4 Å². The Labute approximate surface area is 111 Å². The van der Waals surface area contributed by atoms with Crippen LogP contribution in [0.3, 0.4) is 0 Å². The van der Waals surface area contributed by atoms with E-state index in [0.29, 0.717) is 12.1 Å². The van der Waals surface area contributed by atoms with E-state index in [4.69, 9.17) is 4.74 Å². The Balaban J connectivity index is 2.32. The molecule has 4 heteroatoms. The van der Waals surface area contributed by atoms with Gasteiger partial charge in [-0.25, -0.2) is 0 Å². The third kappa shape index (κ3) is 5.36. The van der Waals surface area contributed by atoms with Crippen LogP contribution in [0.25, 0.3) is 0 Å². The maximum absolute atomic E-state index is 12.0. The van der Waals surface area contributed by atoms with Crippen LogP contribution in [0.5, 0.6) is 0 Å². The molecule has 0 aromatic carbocycles. The Bertz CT molecular complexity index is 265. The molecule has 0 saturated heterocycles. The largest absolute Gasteiger partial charge is 0.381 e. The minimum Gasteiger partial charge on any atom is -0.381 e. The van der Waals surface area contributed by atoms with Gasteiger partial charge >= 0.3 is 0 Å². The van der Waals surface area contributed by atoms with Gasteiger partial charge in [0, 0.05) is 18.7 Å². The fourth-order valence-electron chi connectivity index (χ4n) is 2.37. The minimum absolute atomic E-state index is 0.0800. The zero-order valence-electron chi connectivity index (χ0n) is 12.4. The van der Waals surface area contributed by atoms with Gasteiger partial charge in [0.1, 0.15) is 0 Å². The molecular formula is C14H28N2O2. The average molecular weight is 256 g/mol. The number of hydrogen-bond acceptors (Lipinski definition) is 3. The van der Waals surface area contributed by atoms with Gasteiger partial charge in [0.05, 0.1) is 12.1 Å². The first kappa shape index (κ1) is 15.4. The molecule has 1 unspecified atom stereocenters. The molecule has 1 aliphatic carbocycles. The van der Waals surface area contributed by atoms with E-state index in [-0.39, 0.29) is 17.5 Å². The van der Waals surface area contributed by atoms with Crippen molar-refractivity contribution in [1.29, 1.82) is 0 Å². The molecule has 0 aromatic rings. The van der Waals surface area contributed by atoms with E-state index in [2.05, 4.69) is 10.6 Å². The van der Waals surface area contributed by atoms with Crippen molar-refractivity contribution in [2.45, 2.75) is 77.1 Å². The second kappa shape index (κ2) is 6.53. The van der Waals surface area contributed by atoms with E-state index in [1.54, 1.807) is 7.11 Å². The quantitative estimate of drug-likeness (QED) is 0.807. The van der Waals surface area contributed by atoms with Gasteiger partial charge in [-0.15, -0.1) is 0 Å². The van der Waals surface area contributed by atoms with Gasteiger partial charge in [0.25, 0.3) is 0 Å². The maximum atomic E-state index is 12.0. The number of rotatable bonds is 4. The van der Waals surface area contributed by atoms with Crippen LogP contribution in [-0.2, 0) is 9.53 Å². The molecule has 0 aromatic heterocycles. The van der Waals surface area contributed by atoms with Crippen LogP contribution in [0.2, 0.25) is 0 Å². The SMILES string of the molecule is COC1CCC(NC(C)C(=O)NC(C)(C)C)CC1. The van der Waals surface area contributed by atoms with Crippen molar-refractivity contribution in [2.75, 3.05) is 7.11 Å². The van der Waals surface area contributed by atoms with Crippen LogP contribution < -0.4 is 10.6 Å². The molecular weight excluding hydrogens is 228 g/mol. The highest BCUT2D eigenvalue weighted by Gasteiger charge is 2.25. The third-order valence-electron chi connectivity index (χ3n) is 3.38. The Morgan fingerprint density at radius 3 is 2.22 bits per heavy atom. The lowest BCUT2D eigenvalue weighted by molar-refractivity contribution is -0.124. The topological polar surface area (TPSA) is 50.4 Å². The van der Waals surface area contributed by atoms with Crippen molar-refractivity contribution in [2.24, 2.45) is 0 Å². The molecule has 0 bridgehead atoms. The van der Waals surface area contributed by atoms with Crippen LogP contribution in [-0.4, -0.2) is 36.7 Å². The summed E-state index contributed by atoms with van der Waals surface area (Å²) >= 11 is 0. The van der Waals surface area contributed by atoms with Gasteiger partial charge in [-0.1, -0.05) is 0 Å². The smallest absolute Gasteiger partial charge is 0.237 e. The molecule has 1 fully saturated rings. The van der Waals surface area contributed by atoms with Crippen LogP contribution in [0.15, 0.2) is 0 Å². The molecule has 106 valence electrons. The number of hydrogen-bond donors (Lipinski definition) is 2. The monoisotopic (exact) mass is 256 g/mol. The number of amides is 1. The summed E-state index contributed by atoms with van der Waals surface area (Å²) in [5.41, 5.74) is -0.166. The lowest BCUT2D eigenvalue weighted by atomic mass is 9.92. The zero-order chi connectivity index (χ0) is 13.8. The molecule has 18 heavy (non-hydrogen) atoms. The second-order valence-electron chi connectivity index (χ2n) is 6.34. The highest BCUT2D eigenvalue weighted by molar-refractivity contribution is 5.81. The van der Waals surface area contributed by atoms with Gasteiger partial charge in [-0.3, -0.25) is 4.79 Å². The number of carbonyl (C=O) groups excluding carboxylic acids is 1. The van der Waals surface area contributed by atoms with Crippen molar-refractivity contribution >= 4 is 5.91 Å². The van der Waals surface area contributed by atoms with Crippen LogP contribution in [0.4, 0.5) is 0 Å². The first-order valence-corrected chi connectivity index (χ1v) is 6.92. The average Bonchev–Trinajstić information content (AvgIpc) is 2.27. The van der Waals surface area contributed by atoms with Crippen LogP contribution >= 0.6 is 0 Å². The molecule has 2 N–H and O–H groups in total. The minimum atomic E-state index is -0.166. The highest BCUT2D eigenvalue weighted by atomic mass is 16.5. The molecule has 0 radical (unpaired) electrons. The van der Waals surface area contributed by atoms with E-state index >= 15 is 0 Å². The normalized spacial score (nSPS) is 26.7. The molecule has 4 nitrogen and oxygen atoms in total. The second-order valence-corrected chi connectivity index (χ2v) is 6.34. The number of nitrogens with one attached hydrogen (secondary N) is 2. The first-order chi connectivity index (χ1) is 8.31. The van der Waals surface area contributed by atoms with Crippen molar-refractivity contribution < 1.29 is 9.53 Å². The van der Waals surface area contributed by atoms with Crippen LogP contribution in [0, 0.1) is 0 Å². The molecule has 0 aliphatic heterocycles. The lowest BCUT2D eigenvalue weighted by Gasteiger charge is -2.31. The van der Waals surface area contributed by atoms with Crippen molar-refractivity contribution in [3.63, 3.8) is 0 Å². The number of methoxy groups -OCH3 is 1. The Morgan fingerprint density at radius 1 is 1.22 bits per heavy atom. The number of ether oxygens (including phenoxy) is 1. The summed E-state index contributed by atoms with van der Waals surface area (Å²) in [6.45, 7) is 7.94. The van der Waals surface area contributed by atoms with E-state index in [1.165, 1.54) is 0 Å². The van der Waals surface area contributed by atoms with Crippen LogP contribution in [0.1, 0.15) is 53.4 Å². The van der Waals surface area contributed by atoms with Crippen molar-refractivity contribution in [3.8, 4) is 0 Å². The number of carbonyl (C=O) groups is 1. The summed E-state index contributed by atoms with van der Waals surface area (Å²) in [4.78, 5) is 12.0. The summed E-state index contributed by atoms with van der Waals surface area (Å²) in [6, 6.07) is 0.311. The van der Waals surface area contributed by atoms with Gasteiger partial charge in [-0.2, -0.15) is 0 Å². The van der Waals surface area contributed by atoms with Gasteiger partial charge in [0.2, 0.25) is 5.91 Å². The maximum Gasteiger partial charge on any atom is 0.237 e. The summed E-state index contributed by atoms with van der Waals surface area (Å²) in [5.74, 6) is 0.0800. The highest BCUT2D eigenvalue weighted by Crippen LogP contribution is 2.20. The molecule has 0 spiro atoms. The van der Waals surface area contributed by atoms with E-state index in [0.717, 1.165) is 25.7 Å². The summed E-state index contributed by atoms with van der Waals surface area (Å²) < 4.78 is 5.35. The first-order valence-electron chi connectivity index (χ1n) is 6.92.